The lowest BCUT2D eigenvalue weighted by molar-refractivity contribution is 0.595. The first-order valence-electron chi connectivity index (χ1n) is 5.66. The van der Waals surface area contributed by atoms with E-state index in [2.05, 4.69) is 4.98 Å². The lowest BCUT2D eigenvalue weighted by atomic mass is 9.96. The highest BCUT2D eigenvalue weighted by Gasteiger charge is 2.29. The number of nitrogens with zero attached hydrogens (tertiary/aromatic N) is 1. The molecule has 2 aromatic rings. The van der Waals surface area contributed by atoms with Crippen molar-refractivity contribution in [2.75, 3.05) is 5.73 Å². The van der Waals surface area contributed by atoms with Crippen molar-refractivity contribution in [1.82, 2.24) is 4.98 Å². The molecule has 0 bridgehead atoms. The van der Waals surface area contributed by atoms with Gasteiger partial charge >= 0.3 is 0 Å². The van der Waals surface area contributed by atoms with Crippen LogP contribution in [0.1, 0.15) is 34.0 Å². The number of halogens is 1. The van der Waals surface area contributed by atoms with E-state index in [0.29, 0.717) is 5.13 Å². The largest absolute Gasteiger partial charge is 0.375 e. The molecular formula is C13H13FN2S. The van der Waals surface area contributed by atoms with Crippen molar-refractivity contribution in [2.45, 2.75) is 25.7 Å². The van der Waals surface area contributed by atoms with Crippen molar-refractivity contribution in [3.05, 3.63) is 45.7 Å². The van der Waals surface area contributed by atoms with Gasteiger partial charge in [-0.25, -0.2) is 9.37 Å². The third-order valence-corrected chi connectivity index (χ3v) is 4.30. The molecule has 1 atom stereocenters. The SMILES string of the molecule is Cc1ccc(F)c(C2CCc3nc(N)sc32)c1. The van der Waals surface area contributed by atoms with Crippen molar-refractivity contribution < 1.29 is 4.39 Å². The summed E-state index contributed by atoms with van der Waals surface area (Å²) in [5.74, 6) is 0.0140. The lowest BCUT2D eigenvalue weighted by Gasteiger charge is -2.11. The van der Waals surface area contributed by atoms with Crippen molar-refractivity contribution in [3.8, 4) is 0 Å². The average Bonchev–Trinajstić information content (AvgIpc) is 2.80. The average molecular weight is 248 g/mol. The maximum atomic E-state index is 13.9. The molecule has 0 saturated carbocycles. The predicted molar refractivity (Wildman–Crippen MR) is 67.8 cm³/mol. The zero-order valence-corrected chi connectivity index (χ0v) is 10.4. The molecule has 0 radical (unpaired) electrons. The van der Waals surface area contributed by atoms with Gasteiger partial charge in [-0.15, -0.1) is 11.3 Å². The summed E-state index contributed by atoms with van der Waals surface area (Å²) in [5.41, 5.74) is 8.64. The number of nitrogen functional groups attached to an aromatic ring is 1. The molecule has 0 saturated heterocycles. The first-order valence-corrected chi connectivity index (χ1v) is 6.48. The number of nitrogens with two attached hydrogens (primary N) is 1. The minimum atomic E-state index is -0.125. The third kappa shape index (κ3) is 1.72. The molecule has 1 aromatic heterocycles. The number of aromatic nitrogens is 1. The van der Waals surface area contributed by atoms with Gasteiger partial charge in [0.25, 0.3) is 0 Å². The third-order valence-electron chi connectivity index (χ3n) is 3.26. The quantitative estimate of drug-likeness (QED) is 0.841. The second kappa shape index (κ2) is 3.81. The molecule has 0 spiro atoms. The predicted octanol–water partition coefficient (Wildman–Crippen LogP) is 3.25. The highest BCUT2D eigenvalue weighted by atomic mass is 32.1. The normalized spacial score (nSPS) is 18.4. The van der Waals surface area contributed by atoms with Gasteiger partial charge in [-0.2, -0.15) is 0 Å². The zero-order chi connectivity index (χ0) is 12.0. The van der Waals surface area contributed by atoms with E-state index < -0.39 is 0 Å². The summed E-state index contributed by atoms with van der Waals surface area (Å²) in [6.07, 6.45) is 1.84. The van der Waals surface area contributed by atoms with Crippen LogP contribution in [0.25, 0.3) is 0 Å². The van der Waals surface area contributed by atoms with Crippen LogP contribution in [0.4, 0.5) is 9.52 Å². The lowest BCUT2D eigenvalue weighted by Crippen LogP contribution is -1.99. The topological polar surface area (TPSA) is 38.9 Å². The van der Waals surface area contributed by atoms with Gasteiger partial charge in [0.15, 0.2) is 5.13 Å². The van der Waals surface area contributed by atoms with E-state index in [0.717, 1.165) is 34.5 Å². The van der Waals surface area contributed by atoms with Gasteiger partial charge in [-0.05, 0) is 31.4 Å². The molecule has 1 unspecified atom stereocenters. The first kappa shape index (κ1) is 10.7. The number of anilines is 1. The molecule has 2 nitrogen and oxygen atoms in total. The molecule has 1 aromatic carbocycles. The van der Waals surface area contributed by atoms with Crippen LogP contribution in [0.2, 0.25) is 0 Å². The number of hydrogen-bond acceptors (Lipinski definition) is 3. The van der Waals surface area contributed by atoms with Crippen LogP contribution >= 0.6 is 11.3 Å². The van der Waals surface area contributed by atoms with Crippen molar-refractivity contribution in [2.24, 2.45) is 0 Å². The van der Waals surface area contributed by atoms with E-state index in [1.807, 2.05) is 13.0 Å². The van der Waals surface area contributed by atoms with Gasteiger partial charge in [0.1, 0.15) is 5.82 Å². The van der Waals surface area contributed by atoms with Gasteiger partial charge in [-0.1, -0.05) is 17.7 Å². The van der Waals surface area contributed by atoms with Gasteiger partial charge in [0, 0.05) is 10.8 Å². The maximum absolute atomic E-state index is 13.9. The van der Waals surface area contributed by atoms with Crippen LogP contribution < -0.4 is 5.73 Å². The Morgan fingerprint density at radius 1 is 1.47 bits per heavy atom. The van der Waals surface area contributed by atoms with E-state index >= 15 is 0 Å². The van der Waals surface area contributed by atoms with E-state index in [1.54, 1.807) is 12.1 Å². The van der Waals surface area contributed by atoms with Crippen LogP contribution in [0, 0.1) is 12.7 Å². The van der Waals surface area contributed by atoms with Crippen molar-refractivity contribution in [3.63, 3.8) is 0 Å². The number of benzene rings is 1. The molecule has 3 rings (SSSR count). The highest BCUT2D eigenvalue weighted by molar-refractivity contribution is 7.15. The van der Waals surface area contributed by atoms with E-state index in [9.17, 15) is 4.39 Å². The smallest absolute Gasteiger partial charge is 0.180 e. The highest BCUT2D eigenvalue weighted by Crippen LogP contribution is 2.43. The molecule has 0 aliphatic heterocycles. The molecule has 1 heterocycles. The Hall–Kier alpha value is -1.42. The first-order chi connectivity index (χ1) is 8.15. The van der Waals surface area contributed by atoms with Crippen LogP contribution in [-0.4, -0.2) is 4.98 Å². The summed E-state index contributed by atoms with van der Waals surface area (Å²) in [6, 6.07) is 5.29. The number of fused-ring (bicyclic) bond motifs is 1. The van der Waals surface area contributed by atoms with Crippen molar-refractivity contribution in [1.29, 1.82) is 0 Å². The summed E-state index contributed by atoms with van der Waals surface area (Å²) < 4.78 is 13.9. The summed E-state index contributed by atoms with van der Waals surface area (Å²) in [7, 11) is 0. The Kier molecular flexibility index (Phi) is 2.40. The standard InChI is InChI=1S/C13H13FN2S/c1-7-2-4-10(14)9(6-7)8-3-5-11-12(8)17-13(15)16-11/h2,4,6,8H,3,5H2,1H3,(H2,15,16). The van der Waals surface area contributed by atoms with Gasteiger partial charge in [0.05, 0.1) is 5.69 Å². The zero-order valence-electron chi connectivity index (χ0n) is 9.53. The monoisotopic (exact) mass is 248 g/mol. The molecule has 88 valence electrons. The fraction of sp³-hybridized carbons (Fsp3) is 0.308. The van der Waals surface area contributed by atoms with Crippen LogP contribution in [0.15, 0.2) is 18.2 Å². The Labute approximate surface area is 103 Å². The second-order valence-electron chi connectivity index (χ2n) is 4.48. The van der Waals surface area contributed by atoms with E-state index in [1.165, 1.54) is 11.3 Å². The molecule has 2 N–H and O–H groups in total. The fourth-order valence-electron chi connectivity index (χ4n) is 2.47. The van der Waals surface area contributed by atoms with Crippen LogP contribution in [-0.2, 0) is 6.42 Å². The fourth-order valence-corrected chi connectivity index (χ4v) is 3.51. The van der Waals surface area contributed by atoms with Gasteiger partial charge in [0.2, 0.25) is 0 Å². The second-order valence-corrected chi connectivity index (χ2v) is 5.54. The van der Waals surface area contributed by atoms with Gasteiger partial charge < -0.3 is 5.73 Å². The molecule has 0 fully saturated rings. The van der Waals surface area contributed by atoms with Gasteiger partial charge in [-0.3, -0.25) is 0 Å². The number of rotatable bonds is 1. The number of aryl methyl sites for hydroxylation is 2. The molecule has 1 aliphatic carbocycles. The Morgan fingerprint density at radius 2 is 2.29 bits per heavy atom. The molecule has 0 amide bonds. The minimum absolute atomic E-state index is 0.125. The Morgan fingerprint density at radius 3 is 3.12 bits per heavy atom. The van der Waals surface area contributed by atoms with Crippen LogP contribution in [0.3, 0.4) is 0 Å². The molecule has 1 aliphatic rings. The summed E-state index contributed by atoms with van der Waals surface area (Å²) in [5, 5.41) is 0.591. The summed E-state index contributed by atoms with van der Waals surface area (Å²) in [6.45, 7) is 1.99. The molecule has 4 heteroatoms. The van der Waals surface area contributed by atoms with Crippen molar-refractivity contribution >= 4 is 16.5 Å². The Balaban J connectivity index is 2.09. The van der Waals surface area contributed by atoms with E-state index in [-0.39, 0.29) is 11.7 Å². The summed E-state index contributed by atoms with van der Waals surface area (Å²) in [4.78, 5) is 5.44. The molecular weight excluding hydrogens is 235 g/mol. The maximum Gasteiger partial charge on any atom is 0.180 e. The number of thiazole rings is 1. The van der Waals surface area contributed by atoms with E-state index in [4.69, 9.17) is 5.73 Å². The Bertz CT molecular complexity index is 577. The summed E-state index contributed by atoms with van der Waals surface area (Å²) >= 11 is 1.49. The minimum Gasteiger partial charge on any atom is -0.375 e. The number of hydrogen-bond donors (Lipinski definition) is 1. The van der Waals surface area contributed by atoms with Crippen LogP contribution in [0.5, 0.6) is 0 Å². The molecule has 17 heavy (non-hydrogen) atoms.